The van der Waals surface area contributed by atoms with Crippen LogP contribution in [-0.2, 0) is 6.42 Å². The van der Waals surface area contributed by atoms with Crippen molar-refractivity contribution in [3.05, 3.63) is 41.3 Å². The van der Waals surface area contributed by atoms with Crippen molar-refractivity contribution in [1.29, 1.82) is 0 Å². The smallest absolute Gasteiger partial charge is 0.191 e. The minimum atomic E-state index is 0.349. The molecular formula is C21H31N5O2. The Balaban J connectivity index is 1.58. The highest BCUT2D eigenvalue weighted by atomic mass is 16.5. The van der Waals surface area contributed by atoms with Crippen molar-refractivity contribution >= 4 is 11.6 Å². The van der Waals surface area contributed by atoms with E-state index in [2.05, 4.69) is 39.7 Å². The van der Waals surface area contributed by atoms with Crippen LogP contribution in [0.15, 0.2) is 33.8 Å². The van der Waals surface area contributed by atoms with Crippen LogP contribution in [0.3, 0.4) is 0 Å². The van der Waals surface area contributed by atoms with Crippen LogP contribution in [-0.4, -0.2) is 50.4 Å². The molecule has 1 aromatic carbocycles. The number of hydrogen-bond acceptors (Lipinski definition) is 5. The number of aryl methyl sites for hydroxylation is 2. The summed E-state index contributed by atoms with van der Waals surface area (Å²) < 4.78 is 10.7. The Labute approximate surface area is 167 Å². The Morgan fingerprint density at radius 1 is 1.36 bits per heavy atom. The number of aromatic nitrogens is 1. The molecule has 7 heteroatoms. The van der Waals surface area contributed by atoms with Crippen LogP contribution in [0, 0.1) is 13.8 Å². The van der Waals surface area contributed by atoms with Crippen molar-refractivity contribution < 1.29 is 9.26 Å². The van der Waals surface area contributed by atoms with Crippen LogP contribution in [0.4, 0.5) is 5.69 Å². The van der Waals surface area contributed by atoms with E-state index in [4.69, 9.17) is 14.3 Å². The van der Waals surface area contributed by atoms with Gasteiger partial charge in [-0.25, -0.2) is 0 Å². The second-order valence-electron chi connectivity index (χ2n) is 7.06. The van der Waals surface area contributed by atoms with Crippen molar-refractivity contribution in [3.8, 4) is 5.75 Å². The zero-order valence-corrected chi connectivity index (χ0v) is 17.3. The number of ether oxygens (including phenoxy) is 1. The summed E-state index contributed by atoms with van der Waals surface area (Å²) in [6.45, 7) is 9.46. The molecule has 152 valence electrons. The Morgan fingerprint density at radius 2 is 2.18 bits per heavy atom. The molecule has 2 N–H and O–H groups in total. The maximum atomic E-state index is 5.51. The molecule has 1 fully saturated rings. The van der Waals surface area contributed by atoms with Gasteiger partial charge in [-0.1, -0.05) is 17.3 Å². The van der Waals surface area contributed by atoms with Crippen LogP contribution in [0.5, 0.6) is 5.75 Å². The van der Waals surface area contributed by atoms with Crippen molar-refractivity contribution in [2.45, 2.75) is 39.7 Å². The van der Waals surface area contributed by atoms with E-state index in [1.807, 2.05) is 26.0 Å². The molecule has 1 saturated heterocycles. The summed E-state index contributed by atoms with van der Waals surface area (Å²) >= 11 is 0. The average Bonchev–Trinajstić information content (AvgIpc) is 3.29. The van der Waals surface area contributed by atoms with Crippen LogP contribution in [0.25, 0.3) is 0 Å². The SMILES string of the molecule is CCNC(=NCCc1c(C)noc1C)NC1CCN(c2ccccc2OC)C1. The maximum Gasteiger partial charge on any atom is 0.191 e. The zero-order chi connectivity index (χ0) is 19.9. The molecule has 0 aliphatic carbocycles. The van der Waals surface area contributed by atoms with Crippen molar-refractivity contribution in [2.75, 3.05) is 38.2 Å². The Morgan fingerprint density at radius 3 is 2.89 bits per heavy atom. The van der Waals surface area contributed by atoms with E-state index < -0.39 is 0 Å². The molecule has 0 amide bonds. The minimum Gasteiger partial charge on any atom is -0.495 e. The molecule has 0 bridgehead atoms. The van der Waals surface area contributed by atoms with Gasteiger partial charge in [0, 0.05) is 37.8 Å². The lowest BCUT2D eigenvalue weighted by atomic mass is 10.1. The predicted octanol–water partition coefficient (Wildman–Crippen LogP) is 2.68. The number of nitrogens with zero attached hydrogens (tertiary/aromatic N) is 3. The van der Waals surface area contributed by atoms with Gasteiger partial charge in [-0.05, 0) is 45.7 Å². The highest BCUT2D eigenvalue weighted by Crippen LogP contribution is 2.30. The fraction of sp³-hybridized carbons (Fsp3) is 0.524. The van der Waals surface area contributed by atoms with Crippen LogP contribution in [0.1, 0.15) is 30.4 Å². The highest BCUT2D eigenvalue weighted by Gasteiger charge is 2.25. The first-order valence-electron chi connectivity index (χ1n) is 9.97. The van der Waals surface area contributed by atoms with Gasteiger partial charge >= 0.3 is 0 Å². The number of anilines is 1. The third-order valence-corrected chi connectivity index (χ3v) is 5.11. The van der Waals surface area contributed by atoms with Gasteiger partial charge in [-0.2, -0.15) is 0 Å². The Bertz CT molecular complexity index is 782. The fourth-order valence-electron chi connectivity index (χ4n) is 3.64. The number of hydrogen-bond donors (Lipinski definition) is 2. The standard InChI is InChI=1S/C21H31N5O2/c1-5-22-21(23-12-10-18-15(2)25-28-16(18)3)24-17-11-13-26(14-17)19-8-6-7-9-20(19)27-4/h6-9,17H,5,10-14H2,1-4H3,(H2,22,23,24). The molecule has 0 saturated carbocycles. The van der Waals surface area contributed by atoms with Crippen LogP contribution in [0.2, 0.25) is 0 Å². The minimum absolute atomic E-state index is 0.349. The van der Waals surface area contributed by atoms with Gasteiger partial charge in [-0.15, -0.1) is 0 Å². The van der Waals surface area contributed by atoms with Gasteiger partial charge in [0.25, 0.3) is 0 Å². The lowest BCUT2D eigenvalue weighted by Crippen LogP contribution is -2.44. The number of aliphatic imine (C=N–C) groups is 1. The Kier molecular flexibility index (Phi) is 6.79. The molecule has 1 aliphatic rings. The maximum absolute atomic E-state index is 5.51. The topological polar surface area (TPSA) is 74.9 Å². The summed E-state index contributed by atoms with van der Waals surface area (Å²) in [5.41, 5.74) is 3.26. The number of nitrogens with one attached hydrogen (secondary N) is 2. The summed E-state index contributed by atoms with van der Waals surface area (Å²) in [6, 6.07) is 8.53. The normalized spacial score (nSPS) is 17.1. The molecular weight excluding hydrogens is 354 g/mol. The van der Waals surface area contributed by atoms with E-state index in [-0.39, 0.29) is 0 Å². The fourth-order valence-corrected chi connectivity index (χ4v) is 3.64. The Hall–Kier alpha value is -2.70. The predicted molar refractivity (Wildman–Crippen MR) is 112 cm³/mol. The molecule has 28 heavy (non-hydrogen) atoms. The van der Waals surface area contributed by atoms with Crippen molar-refractivity contribution in [3.63, 3.8) is 0 Å². The summed E-state index contributed by atoms with van der Waals surface area (Å²) in [5, 5.41) is 10.9. The molecule has 1 aliphatic heterocycles. The van der Waals surface area contributed by atoms with Crippen LogP contribution < -0.4 is 20.3 Å². The zero-order valence-electron chi connectivity index (χ0n) is 17.3. The molecule has 1 atom stereocenters. The lowest BCUT2D eigenvalue weighted by Gasteiger charge is -2.22. The number of rotatable bonds is 7. The van der Waals surface area contributed by atoms with E-state index in [9.17, 15) is 0 Å². The quantitative estimate of drug-likeness (QED) is 0.564. The first-order valence-corrected chi connectivity index (χ1v) is 9.97. The van der Waals surface area contributed by atoms with E-state index >= 15 is 0 Å². The van der Waals surface area contributed by atoms with Gasteiger partial charge in [0.15, 0.2) is 5.96 Å². The van der Waals surface area contributed by atoms with Crippen LogP contribution >= 0.6 is 0 Å². The summed E-state index contributed by atoms with van der Waals surface area (Å²) in [6.07, 6.45) is 1.89. The summed E-state index contributed by atoms with van der Waals surface area (Å²) in [7, 11) is 1.72. The van der Waals surface area contributed by atoms with Gasteiger partial charge in [0.05, 0.1) is 18.5 Å². The number of methoxy groups -OCH3 is 1. The molecule has 0 spiro atoms. The van der Waals surface area contributed by atoms with Gasteiger partial charge in [-0.3, -0.25) is 4.99 Å². The third-order valence-electron chi connectivity index (χ3n) is 5.11. The van der Waals surface area contributed by atoms with Gasteiger partial charge in [0.2, 0.25) is 0 Å². The van der Waals surface area contributed by atoms with E-state index in [0.29, 0.717) is 12.6 Å². The van der Waals surface area contributed by atoms with Gasteiger partial charge < -0.3 is 24.8 Å². The molecule has 3 rings (SSSR count). The third kappa shape index (κ3) is 4.77. The number of para-hydroxylation sites is 2. The second kappa shape index (κ2) is 9.48. The molecule has 2 aromatic rings. The summed E-state index contributed by atoms with van der Waals surface area (Å²) in [4.78, 5) is 7.11. The monoisotopic (exact) mass is 385 g/mol. The van der Waals surface area contributed by atoms with Crippen molar-refractivity contribution in [1.82, 2.24) is 15.8 Å². The number of guanidine groups is 1. The highest BCUT2D eigenvalue weighted by molar-refractivity contribution is 5.80. The van der Waals surface area contributed by atoms with E-state index in [0.717, 1.165) is 66.9 Å². The first kappa shape index (κ1) is 20.0. The summed E-state index contributed by atoms with van der Waals surface area (Å²) in [5.74, 6) is 2.67. The number of benzene rings is 1. The molecule has 1 aromatic heterocycles. The van der Waals surface area contributed by atoms with E-state index in [1.54, 1.807) is 7.11 Å². The first-order chi connectivity index (χ1) is 13.6. The second-order valence-corrected chi connectivity index (χ2v) is 7.06. The molecule has 2 heterocycles. The average molecular weight is 386 g/mol. The lowest BCUT2D eigenvalue weighted by molar-refractivity contribution is 0.392. The molecule has 7 nitrogen and oxygen atoms in total. The van der Waals surface area contributed by atoms with Gasteiger partial charge in [0.1, 0.15) is 11.5 Å². The largest absolute Gasteiger partial charge is 0.495 e. The molecule has 1 unspecified atom stereocenters. The van der Waals surface area contributed by atoms with Crippen molar-refractivity contribution in [2.24, 2.45) is 4.99 Å². The van der Waals surface area contributed by atoms with E-state index in [1.165, 1.54) is 0 Å². The molecule has 0 radical (unpaired) electrons.